The van der Waals surface area contributed by atoms with E-state index in [0.29, 0.717) is 26.4 Å². The second kappa shape index (κ2) is 10.8. The molecule has 1 saturated heterocycles. The molecule has 1 unspecified atom stereocenters. The quantitative estimate of drug-likeness (QED) is 0.676. The second-order valence-corrected chi connectivity index (χ2v) is 7.93. The number of rotatable bonds is 10. The maximum Gasteiger partial charge on any atom is 0.119 e. The van der Waals surface area contributed by atoms with Gasteiger partial charge in [0, 0.05) is 44.1 Å². The predicted octanol–water partition coefficient (Wildman–Crippen LogP) is 2.84. The fourth-order valence-electron chi connectivity index (χ4n) is 3.29. The largest absolute Gasteiger partial charge is 0.494 e. The smallest absolute Gasteiger partial charge is 0.119 e. The van der Waals surface area contributed by atoms with Crippen molar-refractivity contribution in [1.82, 2.24) is 9.80 Å². The van der Waals surface area contributed by atoms with E-state index in [1.54, 1.807) is 11.3 Å². The highest BCUT2D eigenvalue weighted by molar-refractivity contribution is 7.09. The molecule has 1 N–H and O–H groups in total. The number of piperazine rings is 1. The fourth-order valence-corrected chi connectivity index (χ4v) is 3.93. The third kappa shape index (κ3) is 6.90. The van der Waals surface area contributed by atoms with Crippen LogP contribution in [0.3, 0.4) is 0 Å². The van der Waals surface area contributed by atoms with Gasteiger partial charge in [0.15, 0.2) is 0 Å². The molecule has 1 aliphatic rings. The molecular weight excluding hydrogens is 360 g/mol. The summed E-state index contributed by atoms with van der Waals surface area (Å²) in [5.74, 6) is 0.932. The van der Waals surface area contributed by atoms with Gasteiger partial charge in [0.2, 0.25) is 0 Å². The van der Waals surface area contributed by atoms with E-state index in [-0.39, 0.29) is 0 Å². The molecule has 2 heterocycles. The number of ether oxygens (including phenoxy) is 2. The highest BCUT2D eigenvalue weighted by Gasteiger charge is 2.19. The number of hydrogen-bond acceptors (Lipinski definition) is 6. The normalized spacial score (nSPS) is 17.1. The zero-order valence-electron chi connectivity index (χ0n) is 16.0. The summed E-state index contributed by atoms with van der Waals surface area (Å²) in [6, 6.07) is 12.5. The Morgan fingerprint density at radius 2 is 1.81 bits per heavy atom. The van der Waals surface area contributed by atoms with Gasteiger partial charge in [-0.1, -0.05) is 18.2 Å². The number of nitrogens with zero attached hydrogens (tertiary/aromatic N) is 2. The minimum atomic E-state index is -0.428. The summed E-state index contributed by atoms with van der Waals surface area (Å²) in [4.78, 5) is 5.99. The average molecular weight is 391 g/mol. The standard InChI is InChI=1S/C21H30N2O3S/c1-2-26-20-7-5-18(6-8-20)14-22-9-11-23(12-10-22)15-19(24)16-25-17-21-4-3-13-27-21/h3-8,13,19,24H,2,9-12,14-17H2,1H3. The Labute approximate surface area is 166 Å². The molecule has 1 aromatic heterocycles. The molecule has 0 spiro atoms. The molecule has 1 fully saturated rings. The molecule has 0 saturated carbocycles. The van der Waals surface area contributed by atoms with Gasteiger partial charge in [-0.25, -0.2) is 0 Å². The van der Waals surface area contributed by atoms with Crippen LogP contribution in [0, 0.1) is 0 Å². The first-order valence-electron chi connectivity index (χ1n) is 9.67. The van der Waals surface area contributed by atoms with Crippen molar-refractivity contribution < 1.29 is 14.6 Å². The molecule has 5 nitrogen and oxygen atoms in total. The van der Waals surface area contributed by atoms with E-state index in [4.69, 9.17) is 9.47 Å². The third-order valence-corrected chi connectivity index (χ3v) is 5.56. The van der Waals surface area contributed by atoms with E-state index in [1.807, 2.05) is 30.5 Å². The molecule has 0 bridgehead atoms. The van der Waals surface area contributed by atoms with Crippen LogP contribution in [0.15, 0.2) is 41.8 Å². The molecule has 1 atom stereocenters. The molecule has 0 radical (unpaired) electrons. The minimum Gasteiger partial charge on any atom is -0.494 e. The van der Waals surface area contributed by atoms with Crippen molar-refractivity contribution in [2.75, 3.05) is 45.9 Å². The number of hydrogen-bond donors (Lipinski definition) is 1. The van der Waals surface area contributed by atoms with E-state index >= 15 is 0 Å². The van der Waals surface area contributed by atoms with Crippen LogP contribution < -0.4 is 4.74 Å². The summed E-state index contributed by atoms with van der Waals surface area (Å²) in [7, 11) is 0. The maximum absolute atomic E-state index is 10.2. The van der Waals surface area contributed by atoms with Gasteiger partial charge < -0.3 is 14.6 Å². The molecule has 1 aromatic carbocycles. The summed E-state index contributed by atoms with van der Waals surface area (Å²) >= 11 is 1.68. The van der Waals surface area contributed by atoms with Crippen LogP contribution in [0.4, 0.5) is 0 Å². The summed E-state index contributed by atoms with van der Waals surface area (Å²) in [5.41, 5.74) is 1.31. The topological polar surface area (TPSA) is 45.2 Å². The fraction of sp³-hybridized carbons (Fsp3) is 0.524. The highest BCUT2D eigenvalue weighted by Crippen LogP contribution is 2.15. The zero-order chi connectivity index (χ0) is 18.9. The zero-order valence-corrected chi connectivity index (χ0v) is 16.9. The lowest BCUT2D eigenvalue weighted by Gasteiger charge is -2.35. The van der Waals surface area contributed by atoms with Gasteiger partial charge in [0.05, 0.1) is 25.9 Å². The van der Waals surface area contributed by atoms with Crippen LogP contribution in [-0.2, 0) is 17.9 Å². The van der Waals surface area contributed by atoms with Gasteiger partial charge >= 0.3 is 0 Å². The monoisotopic (exact) mass is 390 g/mol. The van der Waals surface area contributed by atoms with Crippen LogP contribution in [-0.4, -0.2) is 66.9 Å². The van der Waals surface area contributed by atoms with Crippen molar-refractivity contribution in [3.05, 3.63) is 52.2 Å². The van der Waals surface area contributed by atoms with Gasteiger partial charge in [-0.2, -0.15) is 0 Å². The molecular formula is C21H30N2O3S. The molecule has 6 heteroatoms. The van der Waals surface area contributed by atoms with E-state index in [1.165, 1.54) is 10.4 Å². The number of β-amino-alcohol motifs (C(OH)–C–C–N with tert-alkyl or cyclic N) is 1. The minimum absolute atomic E-state index is 0.393. The van der Waals surface area contributed by atoms with Crippen molar-refractivity contribution in [2.24, 2.45) is 0 Å². The SMILES string of the molecule is CCOc1ccc(CN2CCN(CC(O)COCc3cccs3)CC2)cc1. The highest BCUT2D eigenvalue weighted by atomic mass is 32.1. The Morgan fingerprint density at radius 1 is 1.07 bits per heavy atom. The van der Waals surface area contributed by atoms with Gasteiger partial charge in [-0.3, -0.25) is 9.80 Å². The number of thiophene rings is 1. The Bertz CT molecular complexity index is 640. The van der Waals surface area contributed by atoms with Crippen molar-refractivity contribution in [3.8, 4) is 5.75 Å². The molecule has 1 aliphatic heterocycles. The van der Waals surface area contributed by atoms with Gasteiger partial charge in [-0.15, -0.1) is 11.3 Å². The number of aliphatic hydroxyl groups excluding tert-OH is 1. The third-order valence-electron chi connectivity index (χ3n) is 4.71. The van der Waals surface area contributed by atoms with Gasteiger partial charge in [0.1, 0.15) is 5.75 Å². The average Bonchev–Trinajstić information content (AvgIpc) is 3.19. The number of benzene rings is 1. The van der Waals surface area contributed by atoms with Crippen molar-refractivity contribution in [2.45, 2.75) is 26.2 Å². The van der Waals surface area contributed by atoms with Gasteiger partial charge in [-0.05, 0) is 36.1 Å². The first kappa shape index (κ1) is 20.3. The Kier molecular flexibility index (Phi) is 8.10. The second-order valence-electron chi connectivity index (χ2n) is 6.90. The lowest BCUT2D eigenvalue weighted by Crippen LogP contribution is -2.48. The summed E-state index contributed by atoms with van der Waals surface area (Å²) < 4.78 is 11.1. The first-order valence-corrected chi connectivity index (χ1v) is 10.6. The Balaban J connectivity index is 1.32. The summed E-state index contributed by atoms with van der Waals surface area (Å²) in [5, 5.41) is 12.3. The molecule has 0 aliphatic carbocycles. The summed E-state index contributed by atoms with van der Waals surface area (Å²) in [6.45, 7) is 9.35. The number of aliphatic hydroxyl groups is 1. The molecule has 2 aromatic rings. The van der Waals surface area contributed by atoms with Crippen LogP contribution in [0.1, 0.15) is 17.4 Å². The van der Waals surface area contributed by atoms with Crippen molar-refractivity contribution in [1.29, 1.82) is 0 Å². The predicted molar refractivity (Wildman–Crippen MR) is 109 cm³/mol. The van der Waals surface area contributed by atoms with Gasteiger partial charge in [0.25, 0.3) is 0 Å². The Morgan fingerprint density at radius 3 is 2.48 bits per heavy atom. The van der Waals surface area contributed by atoms with E-state index < -0.39 is 6.10 Å². The maximum atomic E-state index is 10.2. The molecule has 148 valence electrons. The first-order chi connectivity index (χ1) is 13.2. The lowest BCUT2D eigenvalue weighted by atomic mass is 10.2. The van der Waals surface area contributed by atoms with E-state index in [2.05, 4.69) is 28.0 Å². The van der Waals surface area contributed by atoms with E-state index in [0.717, 1.165) is 38.5 Å². The molecule has 0 amide bonds. The van der Waals surface area contributed by atoms with Crippen molar-refractivity contribution in [3.63, 3.8) is 0 Å². The van der Waals surface area contributed by atoms with Crippen LogP contribution in [0.25, 0.3) is 0 Å². The Hall–Kier alpha value is -1.44. The van der Waals surface area contributed by atoms with Crippen LogP contribution in [0.2, 0.25) is 0 Å². The molecule has 27 heavy (non-hydrogen) atoms. The van der Waals surface area contributed by atoms with Crippen LogP contribution >= 0.6 is 11.3 Å². The van der Waals surface area contributed by atoms with Crippen LogP contribution in [0.5, 0.6) is 5.75 Å². The molecule has 3 rings (SSSR count). The lowest BCUT2D eigenvalue weighted by molar-refractivity contribution is 0.00153. The van der Waals surface area contributed by atoms with Crippen molar-refractivity contribution >= 4 is 11.3 Å². The van der Waals surface area contributed by atoms with E-state index in [9.17, 15) is 5.11 Å². The summed E-state index contributed by atoms with van der Waals surface area (Å²) in [6.07, 6.45) is -0.428.